The van der Waals surface area contributed by atoms with Crippen LogP contribution in [-0.2, 0) is 0 Å². The Bertz CT molecular complexity index is 1250. The van der Waals surface area contributed by atoms with Crippen molar-refractivity contribution in [3.63, 3.8) is 0 Å². The Morgan fingerprint density at radius 1 is 0.974 bits per heavy atom. The van der Waals surface area contributed by atoms with Gasteiger partial charge in [-0.3, -0.25) is 0 Å². The second-order valence-electron chi connectivity index (χ2n) is 8.87. The molecule has 6 rings (SSSR count). The van der Waals surface area contributed by atoms with Crippen LogP contribution in [0.2, 0.25) is 0 Å². The molecular formula is C28H37F3N6O. The van der Waals surface area contributed by atoms with Gasteiger partial charge in [-0.25, -0.2) is 9.97 Å². The summed E-state index contributed by atoms with van der Waals surface area (Å²) in [5, 5.41) is 8.48. The molecule has 0 radical (unpaired) electrons. The third-order valence-corrected chi connectivity index (χ3v) is 6.68. The lowest BCUT2D eigenvalue weighted by molar-refractivity contribution is 0.00819. The number of benzene rings is 2. The average Bonchev–Trinajstić information content (AvgIpc) is 3.41. The Kier molecular flexibility index (Phi) is 11.1. The Hall–Kier alpha value is -3.40. The molecule has 2 aromatic heterocycles. The standard InChI is InChI=1S/C15H21N.C10H9N5O.C2H6.CHF3/c1-2-11-16-15(6-1)14-9-7-13(8-10-14)12-4-3-5-12;1-16-7-4-2-3-6-8(7)14-10(11)15-9(6)12-5-13-15;1-2;2-1(3)4/h7-10,12,15-16H,1-6,11H2;2-5H,1H3,(H2,11,14);1-2H3;1H. The zero-order valence-electron chi connectivity index (χ0n) is 22.2. The van der Waals surface area contributed by atoms with E-state index in [-0.39, 0.29) is 0 Å². The van der Waals surface area contributed by atoms with E-state index >= 15 is 0 Å². The smallest absolute Gasteiger partial charge is 0.379 e. The van der Waals surface area contributed by atoms with E-state index in [2.05, 4.69) is 44.6 Å². The second-order valence-corrected chi connectivity index (χ2v) is 8.87. The maximum absolute atomic E-state index is 9.67. The van der Waals surface area contributed by atoms with Gasteiger partial charge in [0.1, 0.15) is 17.6 Å². The van der Waals surface area contributed by atoms with Crippen LogP contribution in [0.15, 0.2) is 48.8 Å². The summed E-state index contributed by atoms with van der Waals surface area (Å²) in [5.41, 5.74) is 10.2. The van der Waals surface area contributed by atoms with Gasteiger partial charge in [-0.15, -0.1) is 0 Å². The predicted octanol–water partition coefficient (Wildman–Crippen LogP) is 6.84. The molecule has 3 N–H and O–H groups in total. The van der Waals surface area contributed by atoms with Gasteiger partial charge in [0.15, 0.2) is 5.65 Å². The number of alkyl halides is 3. The quantitative estimate of drug-likeness (QED) is 0.301. The number of rotatable bonds is 3. The van der Waals surface area contributed by atoms with Crippen molar-refractivity contribution in [1.29, 1.82) is 0 Å². The summed E-state index contributed by atoms with van der Waals surface area (Å²) in [4.78, 5) is 8.42. The first-order valence-electron chi connectivity index (χ1n) is 13.1. The van der Waals surface area contributed by atoms with Crippen molar-refractivity contribution in [2.75, 3.05) is 19.4 Å². The zero-order valence-corrected chi connectivity index (χ0v) is 22.2. The van der Waals surface area contributed by atoms with E-state index in [0.29, 0.717) is 28.9 Å². The molecule has 10 heteroatoms. The molecule has 1 unspecified atom stereocenters. The van der Waals surface area contributed by atoms with Crippen molar-refractivity contribution < 1.29 is 17.9 Å². The van der Waals surface area contributed by atoms with Gasteiger partial charge in [0.2, 0.25) is 5.95 Å². The number of nitrogens with one attached hydrogen (secondary N) is 1. The molecule has 2 aromatic carbocycles. The van der Waals surface area contributed by atoms with Crippen LogP contribution in [0.1, 0.15) is 75.5 Å². The monoisotopic (exact) mass is 530 g/mol. The fraction of sp³-hybridized carbons (Fsp3) is 0.464. The Morgan fingerprint density at radius 3 is 2.24 bits per heavy atom. The molecule has 4 aromatic rings. The summed E-state index contributed by atoms with van der Waals surface area (Å²) in [7, 11) is 1.60. The summed E-state index contributed by atoms with van der Waals surface area (Å²) in [6.45, 7) is 1.52. The summed E-state index contributed by atoms with van der Waals surface area (Å²) < 4.78 is 35.7. The van der Waals surface area contributed by atoms with E-state index < -0.39 is 6.68 Å². The largest absolute Gasteiger partial charge is 0.494 e. The summed E-state index contributed by atoms with van der Waals surface area (Å²) in [6.07, 6.45) is 9.71. The molecule has 1 atom stereocenters. The first-order valence-corrected chi connectivity index (χ1v) is 13.1. The van der Waals surface area contributed by atoms with Crippen LogP contribution in [0.3, 0.4) is 0 Å². The van der Waals surface area contributed by atoms with E-state index in [1.807, 2.05) is 32.0 Å². The second kappa shape index (κ2) is 14.5. The lowest BCUT2D eigenvalue weighted by Crippen LogP contribution is -2.26. The molecule has 7 nitrogen and oxygen atoms in total. The van der Waals surface area contributed by atoms with E-state index in [1.54, 1.807) is 12.7 Å². The zero-order chi connectivity index (χ0) is 27.5. The number of anilines is 1. The Balaban J connectivity index is 0.000000175. The first kappa shape index (κ1) is 29.2. The van der Waals surface area contributed by atoms with Crippen molar-refractivity contribution in [2.45, 2.75) is 71.0 Å². The van der Waals surface area contributed by atoms with Crippen LogP contribution in [0.25, 0.3) is 16.6 Å². The van der Waals surface area contributed by atoms with Crippen LogP contribution >= 0.6 is 0 Å². The molecule has 1 aliphatic carbocycles. The molecule has 206 valence electrons. The number of aromatic nitrogens is 4. The number of halogens is 3. The average molecular weight is 531 g/mol. The number of fused-ring (bicyclic) bond motifs is 3. The molecule has 2 fully saturated rings. The summed E-state index contributed by atoms with van der Waals surface area (Å²) in [5.74, 6) is 1.84. The molecule has 1 saturated carbocycles. The molecule has 1 aliphatic heterocycles. The number of nitrogen functional groups attached to an aromatic ring is 1. The van der Waals surface area contributed by atoms with Gasteiger partial charge in [-0.2, -0.15) is 22.8 Å². The maximum atomic E-state index is 9.67. The van der Waals surface area contributed by atoms with Gasteiger partial charge >= 0.3 is 6.68 Å². The van der Waals surface area contributed by atoms with Gasteiger partial charge in [0.05, 0.1) is 7.11 Å². The molecule has 1 saturated heterocycles. The van der Waals surface area contributed by atoms with Crippen molar-refractivity contribution in [3.8, 4) is 5.75 Å². The van der Waals surface area contributed by atoms with E-state index in [9.17, 15) is 13.2 Å². The van der Waals surface area contributed by atoms with Gasteiger partial charge < -0.3 is 15.8 Å². The molecule has 0 spiro atoms. The fourth-order valence-electron chi connectivity index (χ4n) is 4.62. The topological polar surface area (TPSA) is 90.4 Å². The van der Waals surface area contributed by atoms with Crippen molar-refractivity contribution in [2.24, 2.45) is 0 Å². The van der Waals surface area contributed by atoms with Crippen molar-refractivity contribution in [3.05, 3.63) is 59.9 Å². The van der Waals surface area contributed by atoms with Crippen molar-refractivity contribution in [1.82, 2.24) is 24.9 Å². The minimum absolute atomic E-state index is 0.296. The Morgan fingerprint density at radius 2 is 1.66 bits per heavy atom. The van der Waals surface area contributed by atoms with E-state index in [4.69, 9.17) is 10.5 Å². The third-order valence-electron chi connectivity index (χ3n) is 6.68. The number of hydrogen-bond donors (Lipinski definition) is 2. The highest BCUT2D eigenvalue weighted by atomic mass is 19.4. The van der Waals surface area contributed by atoms with Crippen molar-refractivity contribution >= 4 is 22.5 Å². The number of para-hydroxylation sites is 1. The number of ether oxygens (including phenoxy) is 1. The molecule has 38 heavy (non-hydrogen) atoms. The van der Waals surface area contributed by atoms with Crippen LogP contribution < -0.4 is 15.8 Å². The van der Waals surface area contributed by atoms with Crippen LogP contribution in [0.4, 0.5) is 19.1 Å². The minimum atomic E-state index is -3.67. The van der Waals surface area contributed by atoms with Crippen LogP contribution in [0, 0.1) is 0 Å². The molecule has 0 amide bonds. The van der Waals surface area contributed by atoms with Gasteiger partial charge in [0, 0.05) is 11.4 Å². The lowest BCUT2D eigenvalue weighted by Gasteiger charge is -2.27. The number of methoxy groups -OCH3 is 1. The molecule has 2 aliphatic rings. The number of hydrogen-bond acceptors (Lipinski definition) is 6. The van der Waals surface area contributed by atoms with Crippen LogP contribution in [0.5, 0.6) is 5.75 Å². The summed E-state index contributed by atoms with van der Waals surface area (Å²) in [6, 6.07) is 15.6. The molecular weight excluding hydrogens is 493 g/mol. The minimum Gasteiger partial charge on any atom is -0.494 e. The highest BCUT2D eigenvalue weighted by molar-refractivity contribution is 5.95. The third kappa shape index (κ3) is 7.34. The number of nitrogens with two attached hydrogens (primary N) is 1. The Labute approximate surface area is 221 Å². The highest BCUT2D eigenvalue weighted by Gasteiger charge is 2.20. The van der Waals surface area contributed by atoms with E-state index in [1.165, 1.54) is 61.5 Å². The summed E-state index contributed by atoms with van der Waals surface area (Å²) >= 11 is 0. The first-order chi connectivity index (χ1) is 18.5. The van der Waals surface area contributed by atoms with Crippen LogP contribution in [-0.4, -0.2) is 39.9 Å². The fourth-order valence-corrected chi connectivity index (χ4v) is 4.62. The highest BCUT2D eigenvalue weighted by Crippen LogP contribution is 2.36. The maximum Gasteiger partial charge on any atom is 0.379 e. The van der Waals surface area contributed by atoms with Gasteiger partial charge in [-0.1, -0.05) is 57.0 Å². The van der Waals surface area contributed by atoms with Gasteiger partial charge in [-0.05, 0) is 61.4 Å². The molecule has 3 heterocycles. The SMILES string of the molecule is CC.COc1cccc2c1nc(N)n1ncnc21.FC(F)F.c1cc(C2CCCCN2)ccc1C1CCC1. The predicted molar refractivity (Wildman–Crippen MR) is 145 cm³/mol. The van der Waals surface area contributed by atoms with Gasteiger partial charge in [0.25, 0.3) is 0 Å². The normalized spacial score (nSPS) is 16.9. The van der Waals surface area contributed by atoms with E-state index in [0.717, 1.165) is 11.3 Å². The lowest BCUT2D eigenvalue weighted by atomic mass is 9.79. The molecule has 0 bridgehead atoms. The number of nitrogens with zero attached hydrogens (tertiary/aromatic N) is 4. The number of piperidine rings is 1.